The fourth-order valence-electron chi connectivity index (χ4n) is 8.84. The van der Waals surface area contributed by atoms with Gasteiger partial charge in [0, 0.05) is 35.8 Å². The zero-order chi connectivity index (χ0) is 32.2. The van der Waals surface area contributed by atoms with E-state index in [9.17, 15) is 0 Å². The molecule has 0 spiro atoms. The van der Waals surface area contributed by atoms with Crippen molar-refractivity contribution in [1.29, 1.82) is 0 Å². The first-order valence-electron chi connectivity index (χ1n) is 16.9. The molecule has 0 radical (unpaired) electrons. The van der Waals surface area contributed by atoms with Crippen LogP contribution in [0.5, 0.6) is 0 Å². The van der Waals surface area contributed by atoms with E-state index < -0.39 is 0 Å². The first-order chi connectivity index (χ1) is 22.9. The van der Waals surface area contributed by atoms with Crippen molar-refractivity contribution in [3.8, 4) is 0 Å². The highest BCUT2D eigenvalue weighted by molar-refractivity contribution is 6.09. The first-order valence-corrected chi connectivity index (χ1v) is 16.9. The monoisotopic (exact) mass is 610 g/mol. The van der Waals surface area contributed by atoms with Gasteiger partial charge >= 0.3 is 0 Å². The van der Waals surface area contributed by atoms with E-state index in [-0.39, 0.29) is 10.8 Å². The second kappa shape index (κ2) is 11.3. The zero-order valence-corrected chi connectivity index (χ0v) is 27.9. The minimum atomic E-state index is -0.179. The highest BCUT2D eigenvalue weighted by Gasteiger charge is 2.50. The Morgan fingerprint density at radius 3 is 1.55 bits per heavy atom. The minimum absolute atomic E-state index is 0.143. The van der Waals surface area contributed by atoms with E-state index in [1.54, 1.807) is 0 Å². The molecule has 2 heterocycles. The maximum absolute atomic E-state index is 2.48. The normalized spacial score (nSPS) is 20.5. The molecular formula is C45H42N2+2. The smallest absolute Gasteiger partial charge is 0.201 e. The molecule has 2 aliphatic rings. The van der Waals surface area contributed by atoms with E-state index >= 15 is 0 Å². The molecule has 0 saturated carbocycles. The van der Waals surface area contributed by atoms with Crippen molar-refractivity contribution in [2.45, 2.75) is 43.9 Å². The SMILES string of the molecule is C[N+]1=C(C=CCC2=[N+](C)c3ccc4ccccc4c3C2(C)Cc2ccccc2)C(C)(Cc2ccccc2)c2c1ccc1ccccc21. The number of fused-ring (bicyclic) bond motifs is 6. The minimum Gasteiger partial charge on any atom is -0.201 e. The summed E-state index contributed by atoms with van der Waals surface area (Å²) in [6.45, 7) is 4.92. The molecule has 6 aromatic carbocycles. The molecule has 2 aliphatic heterocycles. The van der Waals surface area contributed by atoms with Gasteiger partial charge in [-0.15, -0.1) is 0 Å². The van der Waals surface area contributed by atoms with Crippen LogP contribution in [0.3, 0.4) is 0 Å². The summed E-state index contributed by atoms with van der Waals surface area (Å²) in [6.07, 6.45) is 7.65. The van der Waals surface area contributed by atoms with E-state index in [0.717, 1.165) is 19.3 Å². The molecule has 0 aromatic heterocycles. The van der Waals surface area contributed by atoms with Gasteiger partial charge in [0.1, 0.15) is 14.1 Å². The summed E-state index contributed by atoms with van der Waals surface area (Å²) in [6, 6.07) is 49.0. The van der Waals surface area contributed by atoms with Gasteiger partial charge in [-0.2, -0.15) is 4.58 Å². The fourth-order valence-corrected chi connectivity index (χ4v) is 8.84. The molecule has 0 amide bonds. The van der Waals surface area contributed by atoms with Crippen LogP contribution in [0.1, 0.15) is 42.5 Å². The lowest BCUT2D eigenvalue weighted by Gasteiger charge is -2.25. The van der Waals surface area contributed by atoms with Gasteiger partial charge in [0.05, 0.1) is 10.8 Å². The van der Waals surface area contributed by atoms with Crippen molar-refractivity contribution in [2.24, 2.45) is 0 Å². The van der Waals surface area contributed by atoms with Gasteiger partial charge in [-0.3, -0.25) is 0 Å². The van der Waals surface area contributed by atoms with Gasteiger partial charge in [-0.05, 0) is 71.5 Å². The predicted octanol–water partition coefficient (Wildman–Crippen LogP) is 10.1. The van der Waals surface area contributed by atoms with E-state index in [1.165, 1.54) is 66.6 Å². The summed E-state index contributed by atoms with van der Waals surface area (Å²) < 4.78 is 4.92. The summed E-state index contributed by atoms with van der Waals surface area (Å²) in [5.41, 5.74) is 10.7. The molecular weight excluding hydrogens is 569 g/mol. The Morgan fingerprint density at radius 1 is 0.511 bits per heavy atom. The van der Waals surface area contributed by atoms with Crippen LogP contribution in [0.2, 0.25) is 0 Å². The molecule has 0 fully saturated rings. The summed E-state index contributed by atoms with van der Waals surface area (Å²) in [5, 5.41) is 5.31. The Bertz CT molecular complexity index is 2260. The van der Waals surface area contributed by atoms with Crippen molar-refractivity contribution < 1.29 is 9.15 Å². The Labute approximate surface area is 278 Å². The van der Waals surface area contributed by atoms with Gasteiger partial charge in [-0.25, -0.2) is 4.58 Å². The Balaban J connectivity index is 1.22. The molecule has 2 heteroatoms. The third-order valence-corrected chi connectivity index (χ3v) is 11.0. The summed E-state index contributed by atoms with van der Waals surface area (Å²) in [7, 11) is 4.52. The van der Waals surface area contributed by atoms with E-state index in [1.807, 2.05) is 0 Å². The van der Waals surface area contributed by atoms with E-state index in [2.05, 4.69) is 183 Å². The average molecular weight is 611 g/mol. The molecule has 2 unspecified atom stereocenters. The largest absolute Gasteiger partial charge is 0.210 e. The van der Waals surface area contributed by atoms with Crippen molar-refractivity contribution in [3.05, 3.63) is 168 Å². The van der Waals surface area contributed by atoms with Crippen LogP contribution in [-0.4, -0.2) is 34.7 Å². The van der Waals surface area contributed by atoms with Gasteiger partial charge in [0.2, 0.25) is 11.4 Å². The molecule has 0 saturated heterocycles. The van der Waals surface area contributed by atoms with Crippen molar-refractivity contribution >= 4 is 44.3 Å². The quantitative estimate of drug-likeness (QED) is 0.159. The molecule has 6 aromatic rings. The van der Waals surface area contributed by atoms with Gasteiger partial charge in [0.15, 0.2) is 11.4 Å². The van der Waals surface area contributed by atoms with Crippen molar-refractivity contribution in [3.63, 3.8) is 0 Å². The lowest BCUT2D eigenvalue weighted by molar-refractivity contribution is -0.403. The van der Waals surface area contributed by atoms with Crippen LogP contribution < -0.4 is 0 Å². The third-order valence-electron chi connectivity index (χ3n) is 11.0. The van der Waals surface area contributed by atoms with Crippen molar-refractivity contribution in [1.82, 2.24) is 0 Å². The van der Waals surface area contributed by atoms with Crippen LogP contribution in [0.15, 0.2) is 146 Å². The van der Waals surface area contributed by atoms with E-state index in [0.29, 0.717) is 0 Å². The lowest BCUT2D eigenvalue weighted by atomic mass is 9.71. The number of allylic oxidation sites excluding steroid dienone is 2. The highest BCUT2D eigenvalue weighted by atomic mass is 15.0. The zero-order valence-electron chi connectivity index (χ0n) is 27.9. The Kier molecular flexibility index (Phi) is 7.06. The van der Waals surface area contributed by atoms with Gasteiger partial charge in [-0.1, -0.05) is 115 Å². The molecule has 47 heavy (non-hydrogen) atoms. The molecule has 2 atom stereocenters. The summed E-state index contributed by atoms with van der Waals surface area (Å²) in [5.74, 6) is 0. The molecule has 0 bridgehead atoms. The number of hydrogen-bond donors (Lipinski definition) is 0. The second-order valence-corrected chi connectivity index (χ2v) is 13.9. The number of nitrogens with zero attached hydrogens (tertiary/aromatic N) is 2. The Morgan fingerprint density at radius 2 is 0.979 bits per heavy atom. The molecule has 0 aliphatic carbocycles. The second-order valence-electron chi connectivity index (χ2n) is 13.9. The molecule has 230 valence electrons. The first kappa shape index (κ1) is 29.3. The van der Waals surface area contributed by atoms with Gasteiger partial charge < -0.3 is 0 Å². The molecule has 2 nitrogen and oxygen atoms in total. The van der Waals surface area contributed by atoms with Crippen LogP contribution in [0.25, 0.3) is 21.5 Å². The van der Waals surface area contributed by atoms with Crippen molar-refractivity contribution in [2.75, 3.05) is 14.1 Å². The lowest BCUT2D eigenvalue weighted by Crippen LogP contribution is -2.35. The van der Waals surface area contributed by atoms with Crippen LogP contribution >= 0.6 is 0 Å². The van der Waals surface area contributed by atoms with Crippen LogP contribution in [0.4, 0.5) is 11.4 Å². The van der Waals surface area contributed by atoms with Crippen LogP contribution in [-0.2, 0) is 23.7 Å². The number of hydrogen-bond acceptors (Lipinski definition) is 0. The molecule has 0 N–H and O–H groups in total. The van der Waals surface area contributed by atoms with Gasteiger partial charge in [0.25, 0.3) is 0 Å². The average Bonchev–Trinajstić information content (AvgIpc) is 3.44. The van der Waals surface area contributed by atoms with E-state index in [4.69, 9.17) is 0 Å². The number of benzene rings is 6. The highest BCUT2D eigenvalue weighted by Crippen LogP contribution is 2.48. The topological polar surface area (TPSA) is 6.02 Å². The summed E-state index contributed by atoms with van der Waals surface area (Å²) in [4.78, 5) is 0. The predicted molar refractivity (Wildman–Crippen MR) is 198 cm³/mol. The fraction of sp³-hybridized carbons (Fsp3) is 0.200. The maximum Gasteiger partial charge on any atom is 0.210 e. The third kappa shape index (κ3) is 4.69. The molecule has 8 rings (SSSR count). The van der Waals surface area contributed by atoms with Crippen LogP contribution in [0, 0.1) is 0 Å². The standard InChI is InChI=1S/C45H42N2/c1-44(30-32-16-7-5-8-17-32)40(46(3)38-28-26-34-20-11-13-22-36(34)42(38)44)24-15-25-41-45(2,31-33-18-9-6-10-19-33)43-37-23-14-12-21-35(37)27-29-39(43)47(41)4/h5-24,26-29H,25,30-31H2,1-4H3/q+2. The maximum atomic E-state index is 2.48. The summed E-state index contributed by atoms with van der Waals surface area (Å²) >= 11 is 0. The number of rotatable bonds is 7. The Hall–Kier alpha value is -5.08.